The van der Waals surface area contributed by atoms with Gasteiger partial charge in [0.05, 0.1) is 38.1 Å². The third-order valence-electron chi connectivity index (χ3n) is 3.49. The second-order valence-electron chi connectivity index (χ2n) is 4.99. The van der Waals surface area contributed by atoms with Gasteiger partial charge < -0.3 is 14.4 Å². The minimum absolute atomic E-state index is 0.143. The number of nitrogens with zero attached hydrogens (tertiary/aromatic N) is 2. The minimum atomic E-state index is -0.240. The molecule has 0 atom stereocenters. The summed E-state index contributed by atoms with van der Waals surface area (Å²) in [6.45, 7) is 0.327. The van der Waals surface area contributed by atoms with Crippen molar-refractivity contribution in [2.24, 2.45) is 0 Å². The third-order valence-corrected chi connectivity index (χ3v) is 3.72. The van der Waals surface area contributed by atoms with Crippen molar-refractivity contribution in [2.75, 3.05) is 25.0 Å². The van der Waals surface area contributed by atoms with Gasteiger partial charge in [0.15, 0.2) is 0 Å². The molecule has 0 radical (unpaired) electrons. The van der Waals surface area contributed by atoms with Gasteiger partial charge in [-0.25, -0.2) is 0 Å². The molecule has 6 heteroatoms. The van der Waals surface area contributed by atoms with E-state index in [4.69, 9.17) is 26.3 Å². The van der Waals surface area contributed by atoms with Gasteiger partial charge in [0.2, 0.25) is 5.91 Å². The van der Waals surface area contributed by atoms with E-state index in [1.54, 1.807) is 49.5 Å². The standard InChI is InChI=1S/C18H17ClN2O3/c1-23-16-7-15(8-17(9-16)24-2)21(18(22)10-19)12-14-5-3-13(11-20)4-6-14/h3-9H,10,12H2,1-2H3. The number of ether oxygens (including phenoxy) is 2. The van der Waals surface area contributed by atoms with Crippen molar-refractivity contribution < 1.29 is 14.3 Å². The molecule has 0 aliphatic heterocycles. The summed E-state index contributed by atoms with van der Waals surface area (Å²) in [6.07, 6.45) is 0. The number of hydrogen-bond acceptors (Lipinski definition) is 4. The molecule has 0 aliphatic carbocycles. The summed E-state index contributed by atoms with van der Waals surface area (Å²) >= 11 is 5.76. The average Bonchev–Trinajstić information content (AvgIpc) is 2.65. The fraction of sp³-hybridized carbons (Fsp3) is 0.222. The smallest absolute Gasteiger partial charge is 0.242 e. The predicted octanol–water partition coefficient (Wildman–Crippen LogP) is 3.35. The van der Waals surface area contributed by atoms with Crippen LogP contribution in [-0.4, -0.2) is 26.0 Å². The highest BCUT2D eigenvalue weighted by Gasteiger charge is 2.17. The summed E-state index contributed by atoms with van der Waals surface area (Å²) in [5.74, 6) is 0.778. The molecule has 2 rings (SSSR count). The van der Waals surface area contributed by atoms with Gasteiger partial charge >= 0.3 is 0 Å². The lowest BCUT2D eigenvalue weighted by Gasteiger charge is -2.23. The van der Waals surface area contributed by atoms with Crippen LogP contribution in [0.15, 0.2) is 42.5 Å². The number of carbonyl (C=O) groups is 1. The lowest BCUT2D eigenvalue weighted by atomic mass is 10.1. The molecule has 0 aromatic heterocycles. The highest BCUT2D eigenvalue weighted by atomic mass is 35.5. The summed E-state index contributed by atoms with van der Waals surface area (Å²) in [6, 6.07) is 14.3. The van der Waals surface area contributed by atoms with E-state index in [2.05, 4.69) is 6.07 Å². The van der Waals surface area contributed by atoms with Crippen molar-refractivity contribution >= 4 is 23.2 Å². The Balaban J connectivity index is 2.37. The number of methoxy groups -OCH3 is 2. The fourth-order valence-corrected chi connectivity index (χ4v) is 2.36. The fourth-order valence-electron chi connectivity index (χ4n) is 2.21. The molecule has 24 heavy (non-hydrogen) atoms. The number of benzene rings is 2. The summed E-state index contributed by atoms with van der Waals surface area (Å²) in [7, 11) is 3.10. The lowest BCUT2D eigenvalue weighted by molar-refractivity contribution is -0.116. The Bertz CT molecular complexity index is 732. The Morgan fingerprint density at radius 1 is 1.12 bits per heavy atom. The Morgan fingerprint density at radius 3 is 2.17 bits per heavy atom. The highest BCUT2D eigenvalue weighted by molar-refractivity contribution is 6.29. The predicted molar refractivity (Wildman–Crippen MR) is 92.6 cm³/mol. The SMILES string of the molecule is COc1cc(OC)cc(N(Cc2ccc(C#N)cc2)C(=O)CCl)c1. The molecule has 2 aromatic rings. The maximum absolute atomic E-state index is 12.3. The van der Waals surface area contributed by atoms with Crippen LogP contribution in [0.5, 0.6) is 11.5 Å². The molecular formula is C18H17ClN2O3. The first-order valence-corrected chi connectivity index (χ1v) is 7.73. The zero-order chi connectivity index (χ0) is 17.5. The second-order valence-corrected chi connectivity index (χ2v) is 5.26. The van der Waals surface area contributed by atoms with Gasteiger partial charge in [-0.05, 0) is 17.7 Å². The molecule has 2 aromatic carbocycles. The van der Waals surface area contributed by atoms with E-state index >= 15 is 0 Å². The molecule has 0 fully saturated rings. The molecule has 0 bridgehead atoms. The molecule has 0 spiro atoms. The summed E-state index contributed by atoms with van der Waals surface area (Å²) in [5, 5.41) is 8.87. The molecule has 0 saturated carbocycles. The topological polar surface area (TPSA) is 62.6 Å². The molecule has 0 heterocycles. The molecule has 1 amide bonds. The first-order valence-electron chi connectivity index (χ1n) is 7.19. The van der Waals surface area contributed by atoms with E-state index in [-0.39, 0.29) is 11.8 Å². The number of hydrogen-bond donors (Lipinski definition) is 0. The first kappa shape index (κ1) is 17.6. The number of anilines is 1. The lowest BCUT2D eigenvalue weighted by Crippen LogP contribution is -2.31. The monoisotopic (exact) mass is 344 g/mol. The quantitative estimate of drug-likeness (QED) is 0.754. The normalized spacial score (nSPS) is 9.92. The minimum Gasteiger partial charge on any atom is -0.497 e. The van der Waals surface area contributed by atoms with Crippen molar-refractivity contribution in [2.45, 2.75) is 6.54 Å². The Kier molecular flexibility index (Phi) is 6.05. The zero-order valence-corrected chi connectivity index (χ0v) is 14.2. The largest absolute Gasteiger partial charge is 0.497 e. The summed E-state index contributed by atoms with van der Waals surface area (Å²) in [4.78, 5) is 13.9. The Morgan fingerprint density at radius 2 is 1.71 bits per heavy atom. The van der Waals surface area contributed by atoms with Gasteiger partial charge in [0, 0.05) is 18.2 Å². The molecule has 0 N–H and O–H groups in total. The van der Waals surface area contributed by atoms with Crippen molar-refractivity contribution in [1.82, 2.24) is 0 Å². The van der Waals surface area contributed by atoms with Gasteiger partial charge in [-0.1, -0.05) is 12.1 Å². The number of carbonyl (C=O) groups excluding carboxylic acids is 1. The first-order chi connectivity index (χ1) is 11.6. The van der Waals surface area contributed by atoms with Crippen LogP contribution >= 0.6 is 11.6 Å². The Hall–Kier alpha value is -2.71. The van der Waals surface area contributed by atoms with Crippen LogP contribution in [0.3, 0.4) is 0 Å². The highest BCUT2D eigenvalue weighted by Crippen LogP contribution is 2.29. The molecule has 0 saturated heterocycles. The maximum Gasteiger partial charge on any atom is 0.242 e. The average molecular weight is 345 g/mol. The summed E-state index contributed by atoms with van der Waals surface area (Å²) < 4.78 is 10.5. The molecule has 0 aliphatic rings. The van der Waals surface area contributed by atoms with E-state index in [1.165, 1.54) is 0 Å². The molecule has 124 valence electrons. The molecular weight excluding hydrogens is 328 g/mol. The van der Waals surface area contributed by atoms with Crippen LogP contribution in [0.1, 0.15) is 11.1 Å². The number of amides is 1. The van der Waals surface area contributed by atoms with Crippen molar-refractivity contribution in [3.8, 4) is 17.6 Å². The maximum atomic E-state index is 12.3. The number of halogens is 1. The molecule has 5 nitrogen and oxygen atoms in total. The van der Waals surface area contributed by atoms with Crippen LogP contribution in [0, 0.1) is 11.3 Å². The van der Waals surface area contributed by atoms with E-state index in [0.29, 0.717) is 29.3 Å². The van der Waals surface area contributed by atoms with Gasteiger partial charge in [0.1, 0.15) is 17.4 Å². The van der Waals surface area contributed by atoms with Crippen molar-refractivity contribution in [3.05, 3.63) is 53.6 Å². The second kappa shape index (κ2) is 8.23. The number of alkyl halides is 1. The van der Waals surface area contributed by atoms with Gasteiger partial charge in [-0.2, -0.15) is 5.26 Å². The molecule has 0 unspecified atom stereocenters. The number of rotatable bonds is 6. The van der Waals surface area contributed by atoms with Crippen LogP contribution < -0.4 is 14.4 Å². The van der Waals surface area contributed by atoms with Crippen LogP contribution in [-0.2, 0) is 11.3 Å². The van der Waals surface area contributed by atoms with Crippen molar-refractivity contribution in [1.29, 1.82) is 5.26 Å². The summed E-state index contributed by atoms with van der Waals surface area (Å²) in [5.41, 5.74) is 2.08. The number of nitriles is 1. The van der Waals surface area contributed by atoms with Crippen LogP contribution in [0.4, 0.5) is 5.69 Å². The van der Waals surface area contributed by atoms with E-state index in [1.807, 2.05) is 12.1 Å². The van der Waals surface area contributed by atoms with Crippen LogP contribution in [0.2, 0.25) is 0 Å². The van der Waals surface area contributed by atoms with Gasteiger partial charge in [-0.3, -0.25) is 4.79 Å². The van der Waals surface area contributed by atoms with Crippen LogP contribution in [0.25, 0.3) is 0 Å². The zero-order valence-electron chi connectivity index (χ0n) is 13.5. The van der Waals surface area contributed by atoms with E-state index in [0.717, 1.165) is 5.56 Å². The van der Waals surface area contributed by atoms with Gasteiger partial charge in [-0.15, -0.1) is 11.6 Å². The van der Waals surface area contributed by atoms with Gasteiger partial charge in [0.25, 0.3) is 0 Å². The van der Waals surface area contributed by atoms with E-state index in [9.17, 15) is 4.79 Å². The third kappa shape index (κ3) is 4.18. The van der Waals surface area contributed by atoms with E-state index < -0.39 is 0 Å². The van der Waals surface area contributed by atoms with Crippen molar-refractivity contribution in [3.63, 3.8) is 0 Å². The Labute approximate surface area is 146 Å².